The molecular formula is C16H22N2O2. The van der Waals surface area contributed by atoms with Crippen LogP contribution in [0.15, 0.2) is 18.2 Å². The van der Waals surface area contributed by atoms with E-state index in [1.165, 1.54) is 32.1 Å². The molecule has 3 rings (SSSR count). The average molecular weight is 274 g/mol. The van der Waals surface area contributed by atoms with Crippen LogP contribution < -0.4 is 10.6 Å². The average Bonchev–Trinajstić information content (AvgIpc) is 2.46. The lowest BCUT2D eigenvalue weighted by atomic mass is 9.78. The molecule has 1 heterocycles. The van der Waals surface area contributed by atoms with E-state index in [4.69, 9.17) is 5.73 Å². The van der Waals surface area contributed by atoms with Crippen LogP contribution in [0.2, 0.25) is 0 Å². The van der Waals surface area contributed by atoms with E-state index in [2.05, 4.69) is 4.90 Å². The molecular weight excluding hydrogens is 252 g/mol. The third-order valence-corrected chi connectivity index (χ3v) is 4.80. The van der Waals surface area contributed by atoms with E-state index in [9.17, 15) is 9.90 Å². The first kappa shape index (κ1) is 13.3. The van der Waals surface area contributed by atoms with Crippen molar-refractivity contribution in [2.75, 3.05) is 17.2 Å². The fraction of sp³-hybridized carbons (Fsp3) is 0.562. The summed E-state index contributed by atoms with van der Waals surface area (Å²) in [6, 6.07) is 5.65. The number of nitrogens with zero attached hydrogens (tertiary/aromatic N) is 1. The standard InChI is InChI=1S/C16H22N2O2/c17-12-7-8-13(16(19)20)15(10-12)18-9-3-5-11-4-1-2-6-14(11)18/h7-8,10-11,14H,1-6,9,17H2,(H,19,20)/t11-,14-/m1/s1. The van der Waals surface area contributed by atoms with Gasteiger partial charge in [-0.05, 0) is 49.8 Å². The number of hydrogen-bond acceptors (Lipinski definition) is 3. The van der Waals surface area contributed by atoms with Crippen molar-refractivity contribution in [1.29, 1.82) is 0 Å². The minimum Gasteiger partial charge on any atom is -0.478 e. The van der Waals surface area contributed by atoms with Gasteiger partial charge >= 0.3 is 5.97 Å². The summed E-state index contributed by atoms with van der Waals surface area (Å²) >= 11 is 0. The number of carboxylic acid groups (broad SMARTS) is 1. The first-order valence-electron chi connectivity index (χ1n) is 7.56. The number of piperidine rings is 1. The van der Waals surface area contributed by atoms with Gasteiger partial charge in [0.1, 0.15) is 0 Å². The fourth-order valence-corrected chi connectivity index (χ4v) is 3.89. The number of anilines is 2. The Hall–Kier alpha value is -1.71. The molecule has 1 aliphatic carbocycles. The molecule has 1 aliphatic heterocycles. The van der Waals surface area contributed by atoms with Crippen molar-refractivity contribution < 1.29 is 9.90 Å². The molecule has 0 bridgehead atoms. The monoisotopic (exact) mass is 274 g/mol. The zero-order valence-corrected chi connectivity index (χ0v) is 11.7. The Labute approximate surface area is 119 Å². The number of fused-ring (bicyclic) bond motifs is 1. The van der Waals surface area contributed by atoms with Crippen LogP contribution in [0.25, 0.3) is 0 Å². The van der Waals surface area contributed by atoms with Crippen molar-refractivity contribution in [2.45, 2.75) is 44.6 Å². The zero-order valence-electron chi connectivity index (χ0n) is 11.7. The van der Waals surface area contributed by atoms with Gasteiger partial charge in [0.15, 0.2) is 0 Å². The molecule has 1 saturated carbocycles. The summed E-state index contributed by atoms with van der Waals surface area (Å²) in [5.41, 5.74) is 7.72. The van der Waals surface area contributed by atoms with E-state index in [0.717, 1.165) is 24.6 Å². The van der Waals surface area contributed by atoms with Gasteiger partial charge in [-0.2, -0.15) is 0 Å². The van der Waals surface area contributed by atoms with E-state index < -0.39 is 5.97 Å². The summed E-state index contributed by atoms with van der Waals surface area (Å²) in [4.78, 5) is 13.8. The number of nitrogen functional groups attached to an aromatic ring is 1. The van der Waals surface area contributed by atoms with E-state index in [1.807, 2.05) is 6.07 Å². The Morgan fingerprint density at radius 2 is 1.95 bits per heavy atom. The second-order valence-corrected chi connectivity index (χ2v) is 6.03. The lowest BCUT2D eigenvalue weighted by molar-refractivity contribution is 0.0697. The lowest BCUT2D eigenvalue weighted by Crippen LogP contribution is -2.47. The van der Waals surface area contributed by atoms with Gasteiger partial charge in [-0.25, -0.2) is 4.79 Å². The zero-order chi connectivity index (χ0) is 14.1. The highest BCUT2D eigenvalue weighted by Crippen LogP contribution is 2.39. The minimum absolute atomic E-state index is 0.380. The summed E-state index contributed by atoms with van der Waals surface area (Å²) in [6.45, 7) is 0.949. The van der Waals surface area contributed by atoms with E-state index in [-0.39, 0.29) is 0 Å². The fourth-order valence-electron chi connectivity index (χ4n) is 3.89. The van der Waals surface area contributed by atoms with Gasteiger partial charge in [-0.1, -0.05) is 12.8 Å². The highest BCUT2D eigenvalue weighted by Gasteiger charge is 2.34. The van der Waals surface area contributed by atoms with Crippen LogP contribution >= 0.6 is 0 Å². The van der Waals surface area contributed by atoms with Crippen LogP contribution in [0, 0.1) is 5.92 Å². The number of rotatable bonds is 2. The van der Waals surface area contributed by atoms with Crippen molar-refractivity contribution in [2.24, 2.45) is 5.92 Å². The number of nitrogens with two attached hydrogens (primary N) is 1. The number of carboxylic acids is 1. The van der Waals surface area contributed by atoms with Crippen LogP contribution in [0.1, 0.15) is 48.9 Å². The van der Waals surface area contributed by atoms with Gasteiger partial charge in [0.2, 0.25) is 0 Å². The molecule has 0 amide bonds. The third-order valence-electron chi connectivity index (χ3n) is 4.80. The molecule has 1 aromatic rings. The Morgan fingerprint density at radius 1 is 1.20 bits per heavy atom. The molecule has 2 aliphatic rings. The second kappa shape index (κ2) is 5.35. The largest absolute Gasteiger partial charge is 0.478 e. The Balaban J connectivity index is 1.98. The Morgan fingerprint density at radius 3 is 2.75 bits per heavy atom. The minimum atomic E-state index is -0.863. The van der Waals surface area contributed by atoms with E-state index in [0.29, 0.717) is 17.3 Å². The van der Waals surface area contributed by atoms with E-state index >= 15 is 0 Å². The first-order chi connectivity index (χ1) is 9.66. The molecule has 108 valence electrons. The molecule has 0 aromatic heterocycles. The first-order valence-corrected chi connectivity index (χ1v) is 7.56. The van der Waals surface area contributed by atoms with Crippen LogP contribution in [0.4, 0.5) is 11.4 Å². The summed E-state index contributed by atoms with van der Waals surface area (Å²) < 4.78 is 0. The molecule has 3 N–H and O–H groups in total. The van der Waals surface area contributed by atoms with Gasteiger partial charge in [0.25, 0.3) is 0 Å². The van der Waals surface area contributed by atoms with Crippen LogP contribution in [0.3, 0.4) is 0 Å². The normalized spacial score (nSPS) is 26.1. The highest BCUT2D eigenvalue weighted by molar-refractivity contribution is 5.95. The van der Waals surface area contributed by atoms with Gasteiger partial charge in [-0.3, -0.25) is 0 Å². The van der Waals surface area contributed by atoms with Crippen molar-refractivity contribution in [3.05, 3.63) is 23.8 Å². The maximum Gasteiger partial charge on any atom is 0.337 e. The molecule has 0 spiro atoms. The molecule has 4 heteroatoms. The number of hydrogen-bond donors (Lipinski definition) is 2. The Bertz CT molecular complexity index is 513. The summed E-state index contributed by atoms with van der Waals surface area (Å²) in [7, 11) is 0. The molecule has 1 aromatic carbocycles. The maximum absolute atomic E-state index is 11.5. The SMILES string of the molecule is Nc1ccc(C(=O)O)c(N2CCC[C@H]3CCCC[C@H]32)c1. The Kier molecular flexibility index (Phi) is 3.55. The molecule has 2 atom stereocenters. The van der Waals surface area contributed by atoms with E-state index in [1.54, 1.807) is 12.1 Å². The van der Waals surface area contributed by atoms with Gasteiger partial charge in [-0.15, -0.1) is 0 Å². The van der Waals surface area contributed by atoms with Crippen molar-refractivity contribution >= 4 is 17.3 Å². The predicted octanol–water partition coefficient (Wildman–Crippen LogP) is 3.13. The van der Waals surface area contributed by atoms with Gasteiger partial charge < -0.3 is 15.7 Å². The van der Waals surface area contributed by atoms with Gasteiger partial charge in [0.05, 0.1) is 11.3 Å². The molecule has 2 fully saturated rings. The summed E-state index contributed by atoms with van der Waals surface area (Å²) in [6.07, 6.45) is 7.46. The number of carbonyl (C=O) groups is 1. The third kappa shape index (κ3) is 2.35. The quantitative estimate of drug-likeness (QED) is 0.813. The smallest absolute Gasteiger partial charge is 0.337 e. The van der Waals surface area contributed by atoms with Crippen molar-refractivity contribution in [3.8, 4) is 0 Å². The topological polar surface area (TPSA) is 66.6 Å². The second-order valence-electron chi connectivity index (χ2n) is 6.03. The maximum atomic E-state index is 11.5. The lowest BCUT2D eigenvalue weighted by Gasteiger charge is -2.45. The number of aromatic carboxylic acids is 1. The van der Waals surface area contributed by atoms with Crippen LogP contribution in [0.5, 0.6) is 0 Å². The molecule has 0 unspecified atom stereocenters. The van der Waals surface area contributed by atoms with Crippen LogP contribution in [-0.4, -0.2) is 23.7 Å². The summed E-state index contributed by atoms with van der Waals surface area (Å²) in [5, 5.41) is 9.42. The predicted molar refractivity (Wildman–Crippen MR) is 80.1 cm³/mol. The van der Waals surface area contributed by atoms with Crippen LogP contribution in [-0.2, 0) is 0 Å². The van der Waals surface area contributed by atoms with Gasteiger partial charge in [0, 0.05) is 18.3 Å². The highest BCUT2D eigenvalue weighted by atomic mass is 16.4. The molecule has 20 heavy (non-hydrogen) atoms. The molecule has 0 radical (unpaired) electrons. The summed E-state index contributed by atoms with van der Waals surface area (Å²) in [5.74, 6) is -0.140. The number of benzene rings is 1. The van der Waals surface area contributed by atoms with Crippen molar-refractivity contribution in [3.63, 3.8) is 0 Å². The molecule has 4 nitrogen and oxygen atoms in total. The molecule has 1 saturated heterocycles. The van der Waals surface area contributed by atoms with Crippen molar-refractivity contribution in [1.82, 2.24) is 0 Å².